The van der Waals surface area contributed by atoms with E-state index in [1.54, 1.807) is 0 Å². The van der Waals surface area contributed by atoms with Gasteiger partial charge in [-0.1, -0.05) is 83.1 Å². The largest absolute Gasteiger partial charge is 0.394 e. The molecule has 0 saturated heterocycles. The normalized spacial score (nSPS) is 14.0. The quantitative estimate of drug-likeness (QED) is 0.117. The fourth-order valence-electron chi connectivity index (χ4n) is 3.80. The Balaban J connectivity index is -0.000000219. The van der Waals surface area contributed by atoms with Crippen molar-refractivity contribution in [1.82, 2.24) is 0 Å². The van der Waals surface area contributed by atoms with Crippen LogP contribution in [-0.2, 0) is 13.7 Å². The first kappa shape index (κ1) is 47.4. The van der Waals surface area contributed by atoms with Gasteiger partial charge in [-0.3, -0.25) is 13.7 Å². The van der Waals surface area contributed by atoms with Crippen LogP contribution in [0.1, 0.15) is 90.0 Å². The summed E-state index contributed by atoms with van der Waals surface area (Å²) in [6.45, 7) is 24.7. The highest BCUT2D eigenvalue weighted by Crippen LogP contribution is 2.45. The van der Waals surface area contributed by atoms with Crippen LogP contribution in [0.3, 0.4) is 0 Å². The maximum absolute atomic E-state index is 11.4. The molecule has 0 saturated carbocycles. The predicted molar refractivity (Wildman–Crippen MR) is 172 cm³/mol. The lowest BCUT2D eigenvalue weighted by molar-refractivity contribution is -0.00425. The molecule has 0 heterocycles. The summed E-state index contributed by atoms with van der Waals surface area (Å²) in [4.78, 5) is 28.2. The van der Waals surface area contributed by atoms with Gasteiger partial charge in [-0.05, 0) is 42.4 Å². The summed E-state index contributed by atoms with van der Waals surface area (Å²) in [5.74, 6) is 1.94. The van der Waals surface area contributed by atoms with Crippen LogP contribution in [-0.4, -0.2) is 85.8 Å². The molecule has 0 radical (unpaired) electrons. The zero-order chi connectivity index (χ0) is 33.1. The van der Waals surface area contributed by atoms with Crippen molar-refractivity contribution in [1.29, 1.82) is 0 Å². The SMILES string of the molecule is CC(C)CP(=O)(O)CC(C)C.CC(C)CP(=O)(O)CC(C)C.CC(C)CP(=O)(O)CC(C)C.CC(O)C(O)CO. The Kier molecular flexibility index (Phi) is 28.3. The minimum Gasteiger partial charge on any atom is -0.394 e. The molecule has 0 aromatic rings. The summed E-state index contributed by atoms with van der Waals surface area (Å²) in [5, 5.41) is 24.9. The Bertz CT molecular complexity index is 609. The summed E-state index contributed by atoms with van der Waals surface area (Å²) >= 11 is 0. The smallest absolute Gasteiger partial charge is 0.201 e. The highest BCUT2D eigenvalue weighted by molar-refractivity contribution is 7.58. The van der Waals surface area contributed by atoms with Gasteiger partial charge < -0.3 is 30.0 Å². The summed E-state index contributed by atoms with van der Waals surface area (Å²) < 4.78 is 34.2. The van der Waals surface area contributed by atoms with Crippen molar-refractivity contribution in [2.75, 3.05) is 43.6 Å². The summed E-state index contributed by atoms with van der Waals surface area (Å²) in [7, 11) is -8.41. The molecular weight excluding hydrogens is 573 g/mol. The molecule has 0 aliphatic heterocycles. The van der Waals surface area contributed by atoms with E-state index >= 15 is 0 Å². The Morgan fingerprint density at radius 1 is 0.425 bits per heavy atom. The van der Waals surface area contributed by atoms with Gasteiger partial charge in [0.05, 0.1) is 12.7 Å². The first-order valence-electron chi connectivity index (χ1n) is 14.6. The van der Waals surface area contributed by atoms with Crippen molar-refractivity contribution in [3.63, 3.8) is 0 Å². The topological polar surface area (TPSA) is 173 Å². The number of rotatable bonds is 14. The lowest BCUT2D eigenvalue weighted by atomic mass is 10.2. The van der Waals surface area contributed by atoms with Crippen LogP contribution in [0, 0.1) is 35.5 Å². The first-order valence-corrected chi connectivity index (χ1v) is 20.7. The van der Waals surface area contributed by atoms with Gasteiger partial charge in [0.2, 0.25) is 22.1 Å². The van der Waals surface area contributed by atoms with E-state index in [9.17, 15) is 28.4 Å². The maximum atomic E-state index is 11.4. The number of aliphatic hydroxyl groups is 3. The molecule has 2 unspecified atom stereocenters. The van der Waals surface area contributed by atoms with Gasteiger partial charge >= 0.3 is 0 Å². The van der Waals surface area contributed by atoms with Crippen LogP contribution in [0.4, 0.5) is 0 Å². The second-order valence-corrected chi connectivity index (χ2v) is 20.8. The van der Waals surface area contributed by atoms with E-state index in [-0.39, 0.29) is 6.61 Å². The van der Waals surface area contributed by atoms with E-state index in [0.29, 0.717) is 72.5 Å². The second-order valence-electron chi connectivity index (χ2n) is 13.5. The van der Waals surface area contributed by atoms with Crippen LogP contribution in [0.2, 0.25) is 0 Å². The third kappa shape index (κ3) is 40.6. The van der Waals surface area contributed by atoms with E-state index in [1.807, 2.05) is 83.1 Å². The number of hydrogen-bond acceptors (Lipinski definition) is 6. The van der Waals surface area contributed by atoms with Crippen molar-refractivity contribution < 1.29 is 43.7 Å². The predicted octanol–water partition coefficient (Wildman–Crippen LogP) is 6.43. The maximum Gasteiger partial charge on any atom is 0.201 e. The van der Waals surface area contributed by atoms with Crippen molar-refractivity contribution in [2.45, 2.75) is 102 Å². The summed E-state index contributed by atoms with van der Waals surface area (Å²) in [6, 6.07) is 0. The highest BCUT2D eigenvalue weighted by Gasteiger charge is 2.22. The third-order valence-corrected chi connectivity index (χ3v) is 12.5. The Morgan fingerprint density at radius 3 is 0.625 bits per heavy atom. The summed E-state index contributed by atoms with van der Waals surface area (Å²) in [6.07, 6.45) is 0.966. The van der Waals surface area contributed by atoms with Crippen LogP contribution in [0.25, 0.3) is 0 Å². The molecule has 0 amide bonds. The second kappa shape index (κ2) is 23.9. The Morgan fingerprint density at radius 2 is 0.575 bits per heavy atom. The zero-order valence-corrected chi connectivity index (χ0v) is 30.5. The zero-order valence-electron chi connectivity index (χ0n) is 27.8. The number of aliphatic hydroxyl groups excluding tert-OH is 3. The van der Waals surface area contributed by atoms with Crippen molar-refractivity contribution in [3.05, 3.63) is 0 Å². The Hall–Kier alpha value is 0.450. The average Bonchev–Trinajstić information content (AvgIpc) is 2.61. The van der Waals surface area contributed by atoms with E-state index in [2.05, 4.69) is 0 Å². The molecule has 9 nitrogen and oxygen atoms in total. The van der Waals surface area contributed by atoms with Gasteiger partial charge in [0, 0.05) is 37.0 Å². The van der Waals surface area contributed by atoms with Crippen LogP contribution >= 0.6 is 22.1 Å². The standard InChI is InChI=1S/3C8H19O2P.C4H10O3/c3*1-7(2)5-11(9,10)6-8(3)4;1-3(6)4(7)2-5/h3*7-8H,5-6H2,1-4H3,(H,9,10);3-7H,2H2,1H3. The molecule has 2 atom stereocenters. The molecule has 0 aliphatic carbocycles. The van der Waals surface area contributed by atoms with Gasteiger partial charge in [0.1, 0.15) is 6.10 Å². The third-order valence-electron chi connectivity index (χ3n) is 4.65. The van der Waals surface area contributed by atoms with Crippen molar-refractivity contribution in [2.24, 2.45) is 35.5 Å². The van der Waals surface area contributed by atoms with Gasteiger partial charge in [-0.15, -0.1) is 0 Å². The van der Waals surface area contributed by atoms with Gasteiger partial charge in [0.25, 0.3) is 0 Å². The molecule has 0 aliphatic rings. The minimum absolute atomic E-state index is 0.324. The minimum atomic E-state index is -2.80. The van der Waals surface area contributed by atoms with Crippen LogP contribution in [0.5, 0.6) is 0 Å². The molecule has 0 bridgehead atoms. The molecule has 6 N–H and O–H groups in total. The van der Waals surface area contributed by atoms with Crippen molar-refractivity contribution in [3.8, 4) is 0 Å². The molecule has 0 rings (SSSR count). The van der Waals surface area contributed by atoms with Crippen molar-refractivity contribution >= 4 is 22.1 Å². The molecule has 0 spiro atoms. The fraction of sp³-hybridized carbons (Fsp3) is 1.00. The molecule has 12 heteroatoms. The average molecular weight is 641 g/mol. The lowest BCUT2D eigenvalue weighted by Gasteiger charge is -2.15. The molecular formula is C28H67O9P3. The Labute approximate surface area is 247 Å². The molecule has 0 aromatic heterocycles. The van der Waals surface area contributed by atoms with E-state index in [0.717, 1.165) is 0 Å². The monoisotopic (exact) mass is 640 g/mol. The molecule has 0 aromatic carbocycles. The molecule has 248 valence electrons. The first-order chi connectivity index (χ1) is 17.7. The summed E-state index contributed by atoms with van der Waals surface area (Å²) in [5.41, 5.74) is 0. The lowest BCUT2D eigenvalue weighted by Crippen LogP contribution is -2.25. The van der Waals surface area contributed by atoms with Gasteiger partial charge in [-0.25, -0.2) is 0 Å². The van der Waals surface area contributed by atoms with E-state index in [4.69, 9.17) is 15.3 Å². The van der Waals surface area contributed by atoms with Crippen LogP contribution < -0.4 is 0 Å². The highest BCUT2D eigenvalue weighted by atomic mass is 31.2. The molecule has 0 fully saturated rings. The van der Waals surface area contributed by atoms with Crippen LogP contribution in [0.15, 0.2) is 0 Å². The molecule has 40 heavy (non-hydrogen) atoms. The van der Waals surface area contributed by atoms with E-state index in [1.165, 1.54) is 6.92 Å². The van der Waals surface area contributed by atoms with Gasteiger partial charge in [-0.2, -0.15) is 0 Å². The fourth-order valence-corrected chi connectivity index (χ4v) is 11.1. The van der Waals surface area contributed by atoms with Gasteiger partial charge in [0.15, 0.2) is 0 Å². The number of hydrogen-bond donors (Lipinski definition) is 6. The van der Waals surface area contributed by atoms with E-state index < -0.39 is 34.3 Å².